The third kappa shape index (κ3) is 4.52. The summed E-state index contributed by atoms with van der Waals surface area (Å²) in [6.45, 7) is 1.35. The van der Waals surface area contributed by atoms with E-state index < -0.39 is 5.91 Å². The van der Waals surface area contributed by atoms with Crippen LogP contribution in [-0.4, -0.2) is 23.6 Å². The summed E-state index contributed by atoms with van der Waals surface area (Å²) in [6, 6.07) is 3.11. The minimum Gasteiger partial charge on any atom is -0.479 e. The molecule has 0 fully saturated rings. The minimum absolute atomic E-state index is 0.0201. The molecule has 1 heterocycles. The molecule has 1 aliphatic heterocycles. The molecule has 5 nitrogen and oxygen atoms in total. The van der Waals surface area contributed by atoms with Gasteiger partial charge in [0, 0.05) is 17.5 Å². The van der Waals surface area contributed by atoms with E-state index in [1.807, 2.05) is 0 Å². The molecular weight excluding hydrogens is 359 g/mol. The van der Waals surface area contributed by atoms with Crippen molar-refractivity contribution in [1.29, 1.82) is 0 Å². The van der Waals surface area contributed by atoms with Gasteiger partial charge in [0.05, 0.1) is 9.93 Å². The number of aliphatic imine (C=N–C) groups is 1. The number of nitrogens with zero attached hydrogens (tertiary/aromatic N) is 1. The predicted octanol–water partition coefficient (Wildman–Crippen LogP) is 3.11. The number of hydrogen-bond donors (Lipinski definition) is 1. The van der Waals surface area contributed by atoms with E-state index in [1.54, 1.807) is 6.07 Å². The van der Waals surface area contributed by atoms with Crippen LogP contribution in [0, 0.1) is 12.3 Å². The van der Waals surface area contributed by atoms with Gasteiger partial charge in [-0.25, -0.2) is 0 Å². The van der Waals surface area contributed by atoms with Gasteiger partial charge < -0.3 is 10.1 Å². The monoisotopic (exact) mass is 368 g/mol. The van der Waals surface area contributed by atoms with Crippen LogP contribution in [0.2, 0.25) is 10.0 Å². The topological polar surface area (TPSA) is 67.8 Å². The lowest BCUT2D eigenvalue weighted by Crippen LogP contribution is -2.23. The molecule has 0 saturated carbocycles. The lowest BCUT2D eigenvalue weighted by Gasteiger charge is -2.10. The first-order valence-corrected chi connectivity index (χ1v) is 7.83. The second-order valence-electron chi connectivity index (χ2n) is 4.31. The van der Waals surface area contributed by atoms with Gasteiger partial charge in [0.2, 0.25) is 5.91 Å². The number of carbonyl (C=O) groups is 2. The number of terminal acetylenes is 1. The van der Waals surface area contributed by atoms with Gasteiger partial charge in [0.1, 0.15) is 12.4 Å². The third-order valence-electron chi connectivity index (χ3n) is 2.53. The second kappa shape index (κ2) is 7.55. The van der Waals surface area contributed by atoms with Crippen molar-refractivity contribution in [3.05, 3.63) is 32.6 Å². The molecule has 8 heteroatoms. The Morgan fingerprint density at radius 2 is 2.26 bits per heavy atom. The van der Waals surface area contributed by atoms with Crippen molar-refractivity contribution in [2.75, 3.05) is 6.61 Å². The first-order valence-electron chi connectivity index (χ1n) is 6.26. The van der Waals surface area contributed by atoms with E-state index in [-0.39, 0.29) is 22.7 Å². The van der Waals surface area contributed by atoms with E-state index in [0.717, 1.165) is 11.8 Å². The zero-order valence-corrected chi connectivity index (χ0v) is 14.2. The Labute approximate surface area is 147 Å². The Morgan fingerprint density at radius 1 is 1.52 bits per heavy atom. The maximum Gasteiger partial charge on any atom is 0.286 e. The summed E-state index contributed by atoms with van der Waals surface area (Å²) >= 11 is 13.1. The van der Waals surface area contributed by atoms with E-state index in [9.17, 15) is 9.59 Å². The molecule has 23 heavy (non-hydrogen) atoms. The lowest BCUT2D eigenvalue weighted by atomic mass is 10.2. The normalized spacial score (nSPS) is 15.3. The van der Waals surface area contributed by atoms with Crippen molar-refractivity contribution in [2.24, 2.45) is 4.99 Å². The van der Waals surface area contributed by atoms with Crippen molar-refractivity contribution in [3.63, 3.8) is 0 Å². The summed E-state index contributed by atoms with van der Waals surface area (Å²) in [5.74, 6) is 1.88. The summed E-state index contributed by atoms with van der Waals surface area (Å²) < 4.78 is 5.41. The van der Waals surface area contributed by atoms with E-state index >= 15 is 0 Å². The first-order chi connectivity index (χ1) is 10.9. The molecule has 0 radical (unpaired) electrons. The molecule has 0 aliphatic carbocycles. The highest BCUT2D eigenvalue weighted by Crippen LogP contribution is 2.36. The Hall–Kier alpha value is -1.94. The van der Waals surface area contributed by atoms with E-state index in [1.165, 1.54) is 19.1 Å². The zero-order valence-electron chi connectivity index (χ0n) is 11.9. The fraction of sp³-hybridized carbons (Fsp3) is 0.133. The Bertz CT molecular complexity index is 782. The molecule has 1 aromatic rings. The molecular formula is C15H10Cl2N2O3S. The van der Waals surface area contributed by atoms with Crippen molar-refractivity contribution < 1.29 is 14.3 Å². The standard InChI is InChI=1S/C15H10Cl2N2O3S/c1-3-4-22-13-9(5-10(16)7-11(13)17)6-12-14(21)19-15(23-12)18-8(2)20/h1,5-7H,4H2,2H3,(H,18,19,20,21)/b12-6+. The number of nitrogens with one attached hydrogen (secondary N) is 1. The fourth-order valence-corrected chi connectivity index (χ4v) is 3.12. The highest BCUT2D eigenvalue weighted by molar-refractivity contribution is 8.18. The largest absolute Gasteiger partial charge is 0.479 e. The van der Waals surface area contributed by atoms with E-state index in [0.29, 0.717) is 21.2 Å². The van der Waals surface area contributed by atoms with Crippen molar-refractivity contribution in [2.45, 2.75) is 6.92 Å². The lowest BCUT2D eigenvalue weighted by molar-refractivity contribution is -0.117. The van der Waals surface area contributed by atoms with Crippen LogP contribution in [0.25, 0.3) is 6.08 Å². The van der Waals surface area contributed by atoms with Crippen LogP contribution in [-0.2, 0) is 9.59 Å². The number of benzene rings is 1. The number of thioether (sulfide) groups is 1. The Balaban J connectivity index is 2.34. The van der Waals surface area contributed by atoms with Crippen LogP contribution >= 0.6 is 35.0 Å². The van der Waals surface area contributed by atoms with Crippen molar-refractivity contribution >= 4 is 58.0 Å². The molecule has 1 aromatic carbocycles. The van der Waals surface area contributed by atoms with Gasteiger partial charge >= 0.3 is 0 Å². The third-order valence-corrected chi connectivity index (χ3v) is 3.93. The molecule has 0 saturated heterocycles. The van der Waals surface area contributed by atoms with Crippen molar-refractivity contribution in [3.8, 4) is 18.1 Å². The zero-order chi connectivity index (χ0) is 17.0. The Morgan fingerprint density at radius 3 is 2.91 bits per heavy atom. The van der Waals surface area contributed by atoms with Gasteiger partial charge in [-0.1, -0.05) is 29.1 Å². The van der Waals surface area contributed by atoms with Crippen LogP contribution < -0.4 is 10.1 Å². The van der Waals surface area contributed by atoms with Crippen LogP contribution in [0.1, 0.15) is 12.5 Å². The smallest absolute Gasteiger partial charge is 0.286 e. The summed E-state index contributed by atoms with van der Waals surface area (Å²) in [4.78, 5) is 27.0. The maximum atomic E-state index is 11.9. The van der Waals surface area contributed by atoms with Gasteiger partial charge in [0.15, 0.2) is 5.17 Å². The average molecular weight is 369 g/mol. The Kier molecular flexibility index (Phi) is 5.72. The average Bonchev–Trinajstić information content (AvgIpc) is 2.76. The molecule has 0 spiro atoms. The summed E-state index contributed by atoms with van der Waals surface area (Å²) in [6.07, 6.45) is 6.72. The second-order valence-corrected chi connectivity index (χ2v) is 6.19. The number of rotatable bonds is 3. The van der Waals surface area contributed by atoms with Crippen LogP contribution in [0.4, 0.5) is 0 Å². The summed E-state index contributed by atoms with van der Waals surface area (Å²) in [5, 5.41) is 3.34. The van der Waals surface area contributed by atoms with Crippen molar-refractivity contribution in [1.82, 2.24) is 5.32 Å². The predicted molar refractivity (Wildman–Crippen MR) is 92.6 cm³/mol. The van der Waals surface area contributed by atoms with E-state index in [2.05, 4.69) is 16.2 Å². The number of halogens is 2. The van der Waals surface area contributed by atoms with Crippen LogP contribution in [0.5, 0.6) is 5.75 Å². The minimum atomic E-state index is -0.474. The maximum absolute atomic E-state index is 11.9. The quantitative estimate of drug-likeness (QED) is 0.657. The van der Waals surface area contributed by atoms with Gasteiger partial charge in [0.25, 0.3) is 5.91 Å². The highest BCUT2D eigenvalue weighted by atomic mass is 35.5. The number of amidine groups is 1. The number of ether oxygens (including phenoxy) is 1. The molecule has 0 atom stereocenters. The SMILES string of the molecule is C#CCOc1c(Cl)cc(Cl)cc1/C=C1/SC(NC(C)=O)=NC1=O. The van der Waals surface area contributed by atoms with Gasteiger partial charge in [-0.2, -0.15) is 4.99 Å². The van der Waals surface area contributed by atoms with Crippen LogP contribution in [0.3, 0.4) is 0 Å². The van der Waals surface area contributed by atoms with E-state index in [4.69, 9.17) is 34.4 Å². The summed E-state index contributed by atoms with van der Waals surface area (Å²) in [7, 11) is 0. The van der Waals surface area contributed by atoms with Gasteiger partial charge in [-0.05, 0) is 30.0 Å². The fourth-order valence-electron chi connectivity index (χ4n) is 1.71. The first kappa shape index (κ1) is 17.4. The summed E-state index contributed by atoms with van der Waals surface area (Å²) in [5.41, 5.74) is 0.493. The molecule has 0 unspecified atom stereocenters. The molecule has 1 aliphatic rings. The molecule has 0 aromatic heterocycles. The molecule has 2 rings (SSSR count). The van der Waals surface area contributed by atoms with Gasteiger partial charge in [-0.15, -0.1) is 6.42 Å². The molecule has 118 valence electrons. The molecule has 2 amide bonds. The van der Waals surface area contributed by atoms with Gasteiger partial charge in [-0.3, -0.25) is 9.59 Å². The molecule has 1 N–H and O–H groups in total. The van der Waals surface area contributed by atoms with Crippen LogP contribution in [0.15, 0.2) is 22.0 Å². The number of carbonyl (C=O) groups excluding carboxylic acids is 2. The molecule has 0 bridgehead atoms. The highest BCUT2D eigenvalue weighted by Gasteiger charge is 2.23. The number of amides is 2. The number of hydrogen-bond acceptors (Lipinski definition) is 4.